The summed E-state index contributed by atoms with van der Waals surface area (Å²) in [4.78, 5) is 24.1. The summed E-state index contributed by atoms with van der Waals surface area (Å²) in [7, 11) is 0. The molecule has 2 rings (SSSR count). The van der Waals surface area contributed by atoms with E-state index >= 15 is 0 Å². The third kappa shape index (κ3) is 1.29. The zero-order valence-corrected chi connectivity index (χ0v) is 8.43. The Kier molecular flexibility index (Phi) is 2.19. The van der Waals surface area contributed by atoms with Crippen LogP contribution in [-0.2, 0) is 4.79 Å². The van der Waals surface area contributed by atoms with Crippen LogP contribution in [0.3, 0.4) is 0 Å². The fourth-order valence-corrected chi connectivity index (χ4v) is 2.02. The van der Waals surface area contributed by atoms with Gasteiger partial charge in [0.15, 0.2) is 0 Å². The van der Waals surface area contributed by atoms with Crippen LogP contribution >= 0.6 is 0 Å². The highest BCUT2D eigenvalue weighted by atomic mass is 16.2. The third-order valence-corrected chi connectivity index (χ3v) is 2.70. The maximum absolute atomic E-state index is 11.9. The van der Waals surface area contributed by atoms with Gasteiger partial charge in [-0.15, -0.1) is 0 Å². The van der Waals surface area contributed by atoms with Gasteiger partial charge in [-0.1, -0.05) is 25.1 Å². The van der Waals surface area contributed by atoms with Crippen molar-refractivity contribution in [3.8, 4) is 0 Å². The molecule has 0 aliphatic carbocycles. The number of anilines is 1. The summed E-state index contributed by atoms with van der Waals surface area (Å²) < 4.78 is 0. The number of primary amides is 1. The van der Waals surface area contributed by atoms with Crippen molar-refractivity contribution in [2.24, 2.45) is 5.73 Å². The molecule has 3 amide bonds. The number of nitrogens with two attached hydrogens (primary N) is 1. The second-order valence-corrected chi connectivity index (χ2v) is 3.53. The zero-order chi connectivity index (χ0) is 11.0. The molecule has 1 aromatic carbocycles. The molecule has 0 fully saturated rings. The SMILES string of the molecule is CCC1C(=O)N(C(N)=O)c2ccccc21. The first-order chi connectivity index (χ1) is 7.16. The van der Waals surface area contributed by atoms with Crippen molar-refractivity contribution in [2.45, 2.75) is 19.3 Å². The molecule has 4 heteroatoms. The van der Waals surface area contributed by atoms with E-state index in [4.69, 9.17) is 5.73 Å². The number of rotatable bonds is 1. The van der Waals surface area contributed by atoms with Crippen LogP contribution in [0.15, 0.2) is 24.3 Å². The molecular weight excluding hydrogens is 192 g/mol. The average Bonchev–Trinajstić information content (AvgIpc) is 2.49. The van der Waals surface area contributed by atoms with E-state index < -0.39 is 6.03 Å². The maximum atomic E-state index is 11.9. The number of urea groups is 1. The summed E-state index contributed by atoms with van der Waals surface area (Å²) in [5.41, 5.74) is 6.71. The van der Waals surface area contributed by atoms with Crippen molar-refractivity contribution >= 4 is 17.6 Å². The fraction of sp³-hybridized carbons (Fsp3) is 0.273. The van der Waals surface area contributed by atoms with Gasteiger partial charge >= 0.3 is 6.03 Å². The van der Waals surface area contributed by atoms with Gasteiger partial charge in [0.2, 0.25) is 5.91 Å². The zero-order valence-electron chi connectivity index (χ0n) is 8.43. The molecule has 4 nitrogen and oxygen atoms in total. The summed E-state index contributed by atoms with van der Waals surface area (Å²) in [5, 5.41) is 0. The van der Waals surface area contributed by atoms with Gasteiger partial charge in [0.1, 0.15) is 0 Å². The number of para-hydroxylation sites is 1. The van der Waals surface area contributed by atoms with Crippen LogP contribution in [0.4, 0.5) is 10.5 Å². The molecule has 2 N–H and O–H groups in total. The van der Waals surface area contributed by atoms with Gasteiger partial charge in [-0.2, -0.15) is 0 Å². The highest BCUT2D eigenvalue weighted by Crippen LogP contribution is 2.38. The largest absolute Gasteiger partial charge is 0.351 e. The second-order valence-electron chi connectivity index (χ2n) is 3.53. The van der Waals surface area contributed by atoms with Gasteiger partial charge in [0, 0.05) is 0 Å². The molecule has 1 aromatic rings. The van der Waals surface area contributed by atoms with E-state index in [0.717, 1.165) is 10.5 Å². The van der Waals surface area contributed by atoms with Crippen molar-refractivity contribution in [1.82, 2.24) is 0 Å². The number of carbonyl (C=O) groups is 2. The van der Waals surface area contributed by atoms with Crippen LogP contribution in [-0.4, -0.2) is 11.9 Å². The minimum absolute atomic E-state index is 0.216. The molecule has 0 saturated heterocycles. The van der Waals surface area contributed by atoms with Crippen molar-refractivity contribution in [2.75, 3.05) is 4.90 Å². The number of carbonyl (C=O) groups excluding carboxylic acids is 2. The Hall–Kier alpha value is -1.84. The topological polar surface area (TPSA) is 63.4 Å². The first-order valence-electron chi connectivity index (χ1n) is 4.89. The number of fused-ring (bicyclic) bond motifs is 1. The van der Waals surface area contributed by atoms with Gasteiger partial charge in [-0.3, -0.25) is 4.79 Å². The van der Waals surface area contributed by atoms with E-state index in [2.05, 4.69) is 0 Å². The molecule has 78 valence electrons. The Morgan fingerprint density at radius 2 is 2.13 bits per heavy atom. The molecule has 1 aliphatic rings. The fourth-order valence-electron chi connectivity index (χ4n) is 2.02. The van der Waals surface area contributed by atoms with E-state index in [1.54, 1.807) is 12.1 Å². The summed E-state index contributed by atoms with van der Waals surface area (Å²) in [6.07, 6.45) is 0.680. The second kappa shape index (κ2) is 3.38. The smallest absolute Gasteiger partial charge is 0.326 e. The molecule has 1 unspecified atom stereocenters. The lowest BCUT2D eigenvalue weighted by Gasteiger charge is -2.11. The monoisotopic (exact) mass is 204 g/mol. The standard InChI is InChI=1S/C11H12N2O2/c1-2-7-8-5-3-4-6-9(8)13(10(7)14)11(12)15/h3-7H,2H2,1H3,(H2,12,15). The van der Waals surface area contributed by atoms with E-state index in [9.17, 15) is 9.59 Å². The maximum Gasteiger partial charge on any atom is 0.326 e. The van der Waals surface area contributed by atoms with Gasteiger partial charge < -0.3 is 5.73 Å². The van der Waals surface area contributed by atoms with E-state index in [1.807, 2.05) is 19.1 Å². The molecule has 0 radical (unpaired) electrons. The minimum atomic E-state index is -0.705. The highest BCUT2D eigenvalue weighted by molar-refractivity contribution is 6.20. The molecule has 15 heavy (non-hydrogen) atoms. The number of imide groups is 1. The lowest BCUT2D eigenvalue weighted by atomic mass is 9.98. The molecule has 1 atom stereocenters. The van der Waals surface area contributed by atoms with Crippen LogP contribution in [0, 0.1) is 0 Å². The Balaban J connectivity index is 2.56. The van der Waals surface area contributed by atoms with Crippen molar-refractivity contribution in [3.63, 3.8) is 0 Å². The first kappa shape index (κ1) is 9.71. The quantitative estimate of drug-likeness (QED) is 0.755. The molecule has 0 aromatic heterocycles. The van der Waals surface area contributed by atoms with Crippen LogP contribution in [0.5, 0.6) is 0 Å². The number of hydrogen-bond donors (Lipinski definition) is 1. The molecule has 1 heterocycles. The molecule has 0 bridgehead atoms. The Bertz CT molecular complexity index is 428. The Labute approximate surface area is 87.7 Å². The molecule has 0 saturated carbocycles. The Morgan fingerprint density at radius 1 is 1.47 bits per heavy atom. The Morgan fingerprint density at radius 3 is 2.73 bits per heavy atom. The third-order valence-electron chi connectivity index (χ3n) is 2.70. The molecule has 0 spiro atoms. The first-order valence-corrected chi connectivity index (χ1v) is 4.89. The van der Waals surface area contributed by atoms with Crippen molar-refractivity contribution < 1.29 is 9.59 Å². The number of nitrogens with zero attached hydrogens (tertiary/aromatic N) is 1. The van der Waals surface area contributed by atoms with Crippen molar-refractivity contribution in [3.05, 3.63) is 29.8 Å². The van der Waals surface area contributed by atoms with Crippen LogP contribution in [0.1, 0.15) is 24.8 Å². The molecular formula is C11H12N2O2. The number of amides is 3. The lowest BCUT2D eigenvalue weighted by molar-refractivity contribution is -0.118. The predicted octanol–water partition coefficient (Wildman–Crippen LogP) is 1.61. The van der Waals surface area contributed by atoms with Crippen molar-refractivity contribution in [1.29, 1.82) is 0 Å². The van der Waals surface area contributed by atoms with Gasteiger partial charge in [0.25, 0.3) is 0 Å². The van der Waals surface area contributed by atoms with Crippen LogP contribution in [0.25, 0.3) is 0 Å². The lowest BCUT2D eigenvalue weighted by Crippen LogP contribution is -2.39. The van der Waals surface area contributed by atoms with E-state index in [1.165, 1.54) is 0 Å². The molecule has 1 aliphatic heterocycles. The van der Waals surface area contributed by atoms with E-state index in [-0.39, 0.29) is 11.8 Å². The highest BCUT2D eigenvalue weighted by Gasteiger charge is 2.38. The van der Waals surface area contributed by atoms with E-state index in [0.29, 0.717) is 12.1 Å². The average molecular weight is 204 g/mol. The number of benzene rings is 1. The summed E-state index contributed by atoms with van der Waals surface area (Å²) in [6.45, 7) is 1.92. The van der Waals surface area contributed by atoms with Gasteiger partial charge in [-0.05, 0) is 18.1 Å². The summed E-state index contributed by atoms with van der Waals surface area (Å²) >= 11 is 0. The normalized spacial score (nSPS) is 19.1. The number of hydrogen-bond acceptors (Lipinski definition) is 2. The van der Waals surface area contributed by atoms with Crippen LogP contribution < -0.4 is 10.6 Å². The predicted molar refractivity (Wildman–Crippen MR) is 56.5 cm³/mol. The summed E-state index contributed by atoms with van der Waals surface area (Å²) in [5.74, 6) is -0.445. The minimum Gasteiger partial charge on any atom is -0.351 e. The van der Waals surface area contributed by atoms with Gasteiger partial charge in [-0.25, -0.2) is 9.69 Å². The summed E-state index contributed by atoms with van der Waals surface area (Å²) in [6, 6.07) is 6.56. The van der Waals surface area contributed by atoms with Gasteiger partial charge in [0.05, 0.1) is 11.6 Å². The van der Waals surface area contributed by atoms with Crippen LogP contribution in [0.2, 0.25) is 0 Å².